The lowest BCUT2D eigenvalue weighted by Crippen LogP contribution is -2.18. The lowest BCUT2D eigenvalue weighted by molar-refractivity contribution is 0.307. The van der Waals surface area contributed by atoms with Gasteiger partial charge in [-0.1, -0.05) is 32.6 Å². The minimum atomic E-state index is 0.546. The summed E-state index contributed by atoms with van der Waals surface area (Å²) in [5.74, 6) is 3.22. The molecule has 2 aliphatic rings. The van der Waals surface area contributed by atoms with Crippen molar-refractivity contribution < 1.29 is 0 Å². The highest BCUT2D eigenvalue weighted by Crippen LogP contribution is 2.37. The number of rotatable bonds is 2. The highest BCUT2D eigenvalue weighted by molar-refractivity contribution is 5.43. The maximum Gasteiger partial charge on any atom is 0.134 e. The van der Waals surface area contributed by atoms with Crippen molar-refractivity contribution in [3.63, 3.8) is 0 Å². The highest BCUT2D eigenvalue weighted by atomic mass is 15.0. The largest absolute Gasteiger partial charge is 0.383 e. The van der Waals surface area contributed by atoms with Crippen LogP contribution in [0.2, 0.25) is 0 Å². The Morgan fingerprint density at radius 3 is 2.75 bits per heavy atom. The van der Waals surface area contributed by atoms with Crippen molar-refractivity contribution in [3.8, 4) is 0 Å². The molecule has 2 aliphatic carbocycles. The predicted molar refractivity (Wildman–Crippen MR) is 82.7 cm³/mol. The molecule has 3 rings (SSSR count). The van der Waals surface area contributed by atoms with Crippen LogP contribution in [0.3, 0.4) is 0 Å². The van der Waals surface area contributed by atoms with Gasteiger partial charge in [-0.3, -0.25) is 0 Å². The molecule has 110 valence electrons. The first-order valence-electron chi connectivity index (χ1n) is 8.43. The van der Waals surface area contributed by atoms with Crippen molar-refractivity contribution in [1.29, 1.82) is 0 Å². The average molecular weight is 273 g/mol. The lowest BCUT2D eigenvalue weighted by Gasteiger charge is -2.28. The van der Waals surface area contributed by atoms with E-state index in [0.717, 1.165) is 30.4 Å². The Morgan fingerprint density at radius 2 is 1.90 bits per heavy atom. The Morgan fingerprint density at radius 1 is 1.05 bits per heavy atom. The third-order valence-electron chi connectivity index (χ3n) is 5.21. The van der Waals surface area contributed by atoms with Crippen LogP contribution in [0, 0.1) is 5.92 Å². The van der Waals surface area contributed by atoms with Crippen molar-refractivity contribution in [1.82, 2.24) is 9.97 Å². The molecule has 0 bridgehead atoms. The fraction of sp³-hybridized carbons (Fsp3) is 0.765. The zero-order valence-corrected chi connectivity index (χ0v) is 12.7. The minimum Gasteiger partial charge on any atom is -0.383 e. The summed E-state index contributed by atoms with van der Waals surface area (Å²) in [5.41, 5.74) is 8.73. The van der Waals surface area contributed by atoms with Gasteiger partial charge < -0.3 is 5.73 Å². The first-order chi connectivity index (χ1) is 9.78. The monoisotopic (exact) mass is 273 g/mol. The minimum absolute atomic E-state index is 0.546. The van der Waals surface area contributed by atoms with E-state index in [-0.39, 0.29) is 0 Å². The van der Waals surface area contributed by atoms with Crippen LogP contribution >= 0.6 is 0 Å². The molecule has 0 saturated heterocycles. The number of hydrogen-bond acceptors (Lipinski definition) is 3. The van der Waals surface area contributed by atoms with Crippen LogP contribution < -0.4 is 5.73 Å². The molecule has 0 aromatic carbocycles. The summed E-state index contributed by atoms with van der Waals surface area (Å²) in [6, 6.07) is 0. The quantitative estimate of drug-likeness (QED) is 0.828. The smallest absolute Gasteiger partial charge is 0.134 e. The topological polar surface area (TPSA) is 51.8 Å². The van der Waals surface area contributed by atoms with Crippen LogP contribution in [0.4, 0.5) is 5.82 Å². The maximum absolute atomic E-state index is 6.23. The van der Waals surface area contributed by atoms with E-state index in [0.29, 0.717) is 5.92 Å². The van der Waals surface area contributed by atoms with E-state index in [4.69, 9.17) is 10.7 Å². The Kier molecular flexibility index (Phi) is 4.23. The second kappa shape index (κ2) is 6.11. The molecule has 0 radical (unpaired) electrons. The summed E-state index contributed by atoms with van der Waals surface area (Å²) in [6.07, 6.45) is 12.5. The standard InChI is InChI=1S/C17H27N3/c1-2-12-7-6-8-13(11-12)17-19-15-10-5-3-4-9-14(15)16(18)20-17/h12-13H,2-11H2,1H3,(H2,18,19,20). The Labute approximate surface area is 122 Å². The Balaban J connectivity index is 1.86. The third-order valence-corrected chi connectivity index (χ3v) is 5.21. The summed E-state index contributed by atoms with van der Waals surface area (Å²) in [7, 11) is 0. The van der Waals surface area contributed by atoms with Crippen molar-refractivity contribution in [3.05, 3.63) is 17.1 Å². The van der Waals surface area contributed by atoms with E-state index in [2.05, 4.69) is 11.9 Å². The summed E-state index contributed by atoms with van der Waals surface area (Å²) >= 11 is 0. The maximum atomic E-state index is 6.23. The highest BCUT2D eigenvalue weighted by Gasteiger charge is 2.26. The number of nitrogen functional groups attached to an aromatic ring is 1. The zero-order chi connectivity index (χ0) is 13.9. The lowest BCUT2D eigenvalue weighted by atomic mass is 9.80. The number of nitrogens with zero attached hydrogens (tertiary/aromatic N) is 2. The molecule has 0 aliphatic heterocycles. The van der Waals surface area contributed by atoms with E-state index in [1.807, 2.05) is 0 Å². The number of hydrogen-bond donors (Lipinski definition) is 1. The fourth-order valence-corrected chi connectivity index (χ4v) is 3.90. The van der Waals surface area contributed by atoms with Gasteiger partial charge in [0.1, 0.15) is 11.6 Å². The Hall–Kier alpha value is -1.12. The number of fused-ring (bicyclic) bond motifs is 1. The first kappa shape index (κ1) is 13.8. The van der Waals surface area contributed by atoms with Crippen molar-refractivity contribution in [2.75, 3.05) is 5.73 Å². The van der Waals surface area contributed by atoms with Gasteiger partial charge in [-0.25, -0.2) is 9.97 Å². The normalized spacial score (nSPS) is 26.9. The van der Waals surface area contributed by atoms with Gasteiger partial charge in [-0.15, -0.1) is 0 Å². The number of nitrogens with two attached hydrogens (primary N) is 1. The molecule has 2 N–H and O–H groups in total. The van der Waals surface area contributed by atoms with Crippen LogP contribution in [0.25, 0.3) is 0 Å². The number of anilines is 1. The molecule has 0 amide bonds. The molecule has 1 saturated carbocycles. The second-order valence-electron chi connectivity index (χ2n) is 6.59. The van der Waals surface area contributed by atoms with Crippen LogP contribution in [0.1, 0.15) is 81.3 Å². The van der Waals surface area contributed by atoms with Gasteiger partial charge in [0.15, 0.2) is 0 Å². The molecule has 2 atom stereocenters. The first-order valence-corrected chi connectivity index (χ1v) is 8.43. The van der Waals surface area contributed by atoms with Crippen LogP contribution in [0.5, 0.6) is 0 Å². The van der Waals surface area contributed by atoms with Crippen LogP contribution in [-0.2, 0) is 12.8 Å². The third kappa shape index (κ3) is 2.82. The van der Waals surface area contributed by atoms with E-state index in [9.17, 15) is 0 Å². The molecule has 20 heavy (non-hydrogen) atoms. The van der Waals surface area contributed by atoms with E-state index >= 15 is 0 Å². The van der Waals surface area contributed by atoms with Gasteiger partial charge in [0, 0.05) is 17.2 Å². The molecule has 2 unspecified atom stereocenters. The average Bonchev–Trinajstić information content (AvgIpc) is 2.73. The zero-order valence-electron chi connectivity index (χ0n) is 12.7. The molecular formula is C17H27N3. The second-order valence-corrected chi connectivity index (χ2v) is 6.59. The fourth-order valence-electron chi connectivity index (χ4n) is 3.90. The SMILES string of the molecule is CCC1CCCC(c2nc(N)c3c(n2)CCCCC3)C1. The summed E-state index contributed by atoms with van der Waals surface area (Å²) in [5, 5.41) is 0. The van der Waals surface area contributed by atoms with Gasteiger partial charge in [0.05, 0.1) is 0 Å². The Bertz CT molecular complexity index is 470. The molecule has 1 heterocycles. The van der Waals surface area contributed by atoms with Crippen LogP contribution in [0.15, 0.2) is 0 Å². The molecule has 3 heteroatoms. The van der Waals surface area contributed by atoms with Crippen molar-refractivity contribution in [2.24, 2.45) is 5.92 Å². The number of aryl methyl sites for hydroxylation is 1. The molecule has 3 nitrogen and oxygen atoms in total. The molecule has 1 aromatic heterocycles. The van der Waals surface area contributed by atoms with Crippen molar-refractivity contribution >= 4 is 5.82 Å². The van der Waals surface area contributed by atoms with Gasteiger partial charge >= 0.3 is 0 Å². The molecule has 1 fully saturated rings. The van der Waals surface area contributed by atoms with Gasteiger partial charge in [-0.05, 0) is 44.4 Å². The number of aromatic nitrogens is 2. The molecular weight excluding hydrogens is 246 g/mol. The van der Waals surface area contributed by atoms with E-state index < -0.39 is 0 Å². The van der Waals surface area contributed by atoms with Gasteiger partial charge in [0.2, 0.25) is 0 Å². The summed E-state index contributed by atoms with van der Waals surface area (Å²) in [4.78, 5) is 9.62. The van der Waals surface area contributed by atoms with Gasteiger partial charge in [0.25, 0.3) is 0 Å². The molecule has 1 aromatic rings. The predicted octanol–water partition coefficient (Wildman–Crippen LogP) is 4.01. The summed E-state index contributed by atoms with van der Waals surface area (Å²) in [6.45, 7) is 2.30. The summed E-state index contributed by atoms with van der Waals surface area (Å²) < 4.78 is 0. The molecule has 0 spiro atoms. The van der Waals surface area contributed by atoms with E-state index in [1.165, 1.54) is 62.6 Å². The van der Waals surface area contributed by atoms with Gasteiger partial charge in [-0.2, -0.15) is 0 Å². The van der Waals surface area contributed by atoms with E-state index in [1.54, 1.807) is 0 Å². The van der Waals surface area contributed by atoms with Crippen molar-refractivity contribution in [2.45, 2.75) is 77.0 Å². The van der Waals surface area contributed by atoms with Crippen LogP contribution in [-0.4, -0.2) is 9.97 Å².